The summed E-state index contributed by atoms with van der Waals surface area (Å²) in [6.45, 7) is 4.40. The molecular formula is C18H23ClN2O2. The van der Waals surface area contributed by atoms with E-state index in [9.17, 15) is 9.59 Å². The first-order valence-corrected chi connectivity index (χ1v) is 8.77. The standard InChI is InChI=1S/C18H23ClN2O2/c1-18(2,11-19)17(23)20-14-8-7-12-4-3-9-21(15(12)10-14)16(22)13-5-6-13/h7-8,10,13H,3-6,9,11H2,1-2H3,(H,20,23). The molecule has 0 saturated heterocycles. The fourth-order valence-electron chi connectivity index (χ4n) is 2.79. The van der Waals surface area contributed by atoms with Gasteiger partial charge in [-0.05, 0) is 57.2 Å². The zero-order valence-corrected chi connectivity index (χ0v) is 14.4. The van der Waals surface area contributed by atoms with E-state index in [1.807, 2.05) is 36.9 Å². The molecule has 0 aromatic heterocycles. The predicted molar refractivity (Wildman–Crippen MR) is 93.0 cm³/mol. The number of rotatable bonds is 4. The Morgan fingerprint density at radius 2 is 2.09 bits per heavy atom. The molecule has 0 radical (unpaired) electrons. The van der Waals surface area contributed by atoms with Gasteiger partial charge in [-0.3, -0.25) is 9.59 Å². The normalized spacial score (nSPS) is 17.6. The zero-order valence-electron chi connectivity index (χ0n) is 13.7. The topological polar surface area (TPSA) is 49.4 Å². The summed E-state index contributed by atoms with van der Waals surface area (Å²) < 4.78 is 0. The van der Waals surface area contributed by atoms with E-state index in [0.717, 1.165) is 43.6 Å². The van der Waals surface area contributed by atoms with Crippen LogP contribution in [0.4, 0.5) is 11.4 Å². The third kappa shape index (κ3) is 3.37. The molecule has 4 nitrogen and oxygen atoms in total. The third-order valence-corrected chi connectivity index (χ3v) is 5.27. The van der Waals surface area contributed by atoms with Crippen LogP contribution >= 0.6 is 11.6 Å². The molecule has 5 heteroatoms. The van der Waals surface area contributed by atoms with Crippen molar-refractivity contribution in [2.75, 3.05) is 22.6 Å². The lowest BCUT2D eigenvalue weighted by Crippen LogP contribution is -2.37. The van der Waals surface area contributed by atoms with Crippen LogP contribution in [-0.2, 0) is 16.0 Å². The van der Waals surface area contributed by atoms with Crippen molar-refractivity contribution >= 4 is 34.8 Å². The van der Waals surface area contributed by atoms with Gasteiger partial charge < -0.3 is 10.2 Å². The Bertz CT molecular complexity index is 638. The van der Waals surface area contributed by atoms with Crippen molar-refractivity contribution in [2.45, 2.75) is 39.5 Å². The van der Waals surface area contributed by atoms with Crippen molar-refractivity contribution in [3.05, 3.63) is 23.8 Å². The zero-order chi connectivity index (χ0) is 16.6. The van der Waals surface area contributed by atoms with Crippen molar-refractivity contribution in [2.24, 2.45) is 11.3 Å². The number of anilines is 2. The molecule has 0 bridgehead atoms. The molecule has 0 spiro atoms. The number of nitrogens with zero attached hydrogens (tertiary/aromatic N) is 1. The van der Waals surface area contributed by atoms with E-state index in [-0.39, 0.29) is 23.6 Å². The summed E-state index contributed by atoms with van der Waals surface area (Å²) in [5.74, 6) is 0.587. The summed E-state index contributed by atoms with van der Waals surface area (Å²) in [7, 11) is 0. The lowest BCUT2D eigenvalue weighted by Gasteiger charge is -2.30. The lowest BCUT2D eigenvalue weighted by molar-refractivity contribution is -0.123. The number of nitrogens with one attached hydrogen (secondary N) is 1. The molecule has 1 aromatic carbocycles. The number of benzene rings is 1. The van der Waals surface area contributed by atoms with Crippen molar-refractivity contribution in [3.63, 3.8) is 0 Å². The van der Waals surface area contributed by atoms with Crippen LogP contribution in [0.25, 0.3) is 0 Å². The number of amides is 2. The van der Waals surface area contributed by atoms with Crippen molar-refractivity contribution in [3.8, 4) is 0 Å². The lowest BCUT2D eigenvalue weighted by atomic mass is 9.95. The summed E-state index contributed by atoms with van der Waals surface area (Å²) in [6, 6.07) is 5.86. The van der Waals surface area contributed by atoms with Gasteiger partial charge in [-0.1, -0.05) is 6.07 Å². The third-order valence-electron chi connectivity index (χ3n) is 4.60. The van der Waals surface area contributed by atoms with E-state index in [0.29, 0.717) is 0 Å². The van der Waals surface area contributed by atoms with Gasteiger partial charge >= 0.3 is 0 Å². The molecule has 0 atom stereocenters. The number of aryl methyl sites for hydroxylation is 1. The quantitative estimate of drug-likeness (QED) is 0.856. The van der Waals surface area contributed by atoms with E-state index < -0.39 is 5.41 Å². The van der Waals surface area contributed by atoms with Crippen molar-refractivity contribution in [1.29, 1.82) is 0 Å². The Labute approximate surface area is 142 Å². The second kappa shape index (κ2) is 6.16. The molecule has 1 N–H and O–H groups in total. The van der Waals surface area contributed by atoms with Crippen LogP contribution in [-0.4, -0.2) is 24.2 Å². The molecule has 1 aromatic rings. The van der Waals surface area contributed by atoms with Crippen LogP contribution < -0.4 is 10.2 Å². The van der Waals surface area contributed by atoms with Gasteiger partial charge in [0.05, 0.1) is 5.41 Å². The first-order valence-electron chi connectivity index (χ1n) is 8.24. The van der Waals surface area contributed by atoms with Gasteiger partial charge in [0, 0.05) is 29.7 Å². The van der Waals surface area contributed by atoms with Crippen LogP contribution in [0.15, 0.2) is 18.2 Å². The second-order valence-corrected chi connectivity index (χ2v) is 7.45. The van der Waals surface area contributed by atoms with Crippen molar-refractivity contribution < 1.29 is 9.59 Å². The molecule has 1 heterocycles. The summed E-state index contributed by atoms with van der Waals surface area (Å²) in [5.41, 5.74) is 2.23. The van der Waals surface area contributed by atoms with Gasteiger partial charge in [0.1, 0.15) is 0 Å². The van der Waals surface area contributed by atoms with Crippen LogP contribution in [0, 0.1) is 11.3 Å². The van der Waals surface area contributed by atoms with Gasteiger partial charge in [0.2, 0.25) is 11.8 Å². The van der Waals surface area contributed by atoms with E-state index in [1.54, 1.807) is 0 Å². The van der Waals surface area contributed by atoms with E-state index in [4.69, 9.17) is 11.6 Å². The Morgan fingerprint density at radius 1 is 1.35 bits per heavy atom. The minimum atomic E-state index is -0.624. The molecule has 2 aliphatic rings. The maximum absolute atomic E-state index is 12.5. The predicted octanol–water partition coefficient (Wildman–Crippen LogP) is 3.58. The fraction of sp³-hybridized carbons (Fsp3) is 0.556. The molecular weight excluding hydrogens is 312 g/mol. The van der Waals surface area contributed by atoms with Gasteiger partial charge in [0.25, 0.3) is 0 Å². The first kappa shape index (κ1) is 16.3. The number of carbonyl (C=O) groups is 2. The number of fused-ring (bicyclic) bond motifs is 1. The van der Waals surface area contributed by atoms with Crippen LogP contribution in [0.5, 0.6) is 0 Å². The van der Waals surface area contributed by atoms with Crippen LogP contribution in [0.3, 0.4) is 0 Å². The average Bonchev–Trinajstić information content (AvgIpc) is 3.38. The summed E-state index contributed by atoms with van der Waals surface area (Å²) >= 11 is 5.86. The smallest absolute Gasteiger partial charge is 0.231 e. The molecule has 1 fully saturated rings. The van der Waals surface area contributed by atoms with Crippen LogP contribution in [0.1, 0.15) is 38.7 Å². The Morgan fingerprint density at radius 3 is 2.74 bits per heavy atom. The highest BCUT2D eigenvalue weighted by molar-refractivity contribution is 6.20. The molecule has 0 unspecified atom stereocenters. The maximum atomic E-state index is 12.5. The monoisotopic (exact) mass is 334 g/mol. The van der Waals surface area contributed by atoms with Gasteiger partial charge in [-0.25, -0.2) is 0 Å². The van der Waals surface area contributed by atoms with E-state index in [1.165, 1.54) is 5.56 Å². The van der Waals surface area contributed by atoms with Gasteiger partial charge in [-0.2, -0.15) is 0 Å². The molecule has 1 aliphatic carbocycles. The maximum Gasteiger partial charge on any atom is 0.231 e. The average molecular weight is 335 g/mol. The van der Waals surface area contributed by atoms with Crippen molar-refractivity contribution in [1.82, 2.24) is 0 Å². The molecule has 3 rings (SSSR count). The molecule has 1 saturated carbocycles. The number of hydrogen-bond acceptors (Lipinski definition) is 2. The Balaban J connectivity index is 1.83. The SMILES string of the molecule is CC(C)(CCl)C(=O)Nc1ccc2c(c1)N(C(=O)C1CC1)CCC2. The van der Waals surface area contributed by atoms with Crippen LogP contribution in [0.2, 0.25) is 0 Å². The molecule has 1 aliphatic heterocycles. The number of halogens is 1. The molecule has 2 amide bonds. The Hall–Kier alpha value is -1.55. The summed E-state index contributed by atoms with van der Waals surface area (Å²) in [4.78, 5) is 26.7. The molecule has 124 valence electrons. The minimum absolute atomic E-state index is 0.108. The van der Waals surface area contributed by atoms with Gasteiger partial charge in [-0.15, -0.1) is 11.6 Å². The van der Waals surface area contributed by atoms with Gasteiger partial charge in [0.15, 0.2) is 0 Å². The number of carbonyl (C=O) groups excluding carboxylic acids is 2. The second-order valence-electron chi connectivity index (χ2n) is 7.18. The molecule has 23 heavy (non-hydrogen) atoms. The highest BCUT2D eigenvalue weighted by Crippen LogP contribution is 2.37. The number of alkyl halides is 1. The largest absolute Gasteiger partial charge is 0.326 e. The summed E-state index contributed by atoms with van der Waals surface area (Å²) in [6.07, 6.45) is 3.98. The first-order chi connectivity index (χ1) is 10.9. The fourth-order valence-corrected chi connectivity index (χ4v) is 2.91. The highest BCUT2D eigenvalue weighted by Gasteiger charge is 2.35. The minimum Gasteiger partial charge on any atom is -0.326 e. The van der Waals surface area contributed by atoms with E-state index in [2.05, 4.69) is 5.32 Å². The summed E-state index contributed by atoms with van der Waals surface area (Å²) in [5, 5.41) is 2.93. The van der Waals surface area contributed by atoms with E-state index >= 15 is 0 Å². The number of hydrogen-bond donors (Lipinski definition) is 1. The highest BCUT2D eigenvalue weighted by atomic mass is 35.5. The Kier molecular flexibility index (Phi) is 4.37.